The van der Waals surface area contributed by atoms with Crippen molar-refractivity contribution in [2.45, 2.75) is 50.7 Å². The smallest absolute Gasteiger partial charge is 0.187 e. The number of aliphatic hydroxyl groups is 1. The van der Waals surface area contributed by atoms with Crippen LogP contribution in [-0.2, 0) is 19.1 Å². The number of rotatable bonds is 3. The standard InChI is InChI=1S/C9H16O6/c1-9(2)14-7-3-6(5(10)4-12-11)13-8(7)15-9/h5-8,10-11H,3-4H2,1-2H3. The van der Waals surface area contributed by atoms with Crippen LogP contribution in [0.25, 0.3) is 0 Å². The second kappa shape index (κ2) is 3.97. The van der Waals surface area contributed by atoms with Gasteiger partial charge < -0.3 is 19.3 Å². The van der Waals surface area contributed by atoms with Crippen LogP contribution in [0.5, 0.6) is 0 Å². The van der Waals surface area contributed by atoms with Gasteiger partial charge in [-0.2, -0.15) is 0 Å². The summed E-state index contributed by atoms with van der Waals surface area (Å²) >= 11 is 0. The van der Waals surface area contributed by atoms with Gasteiger partial charge in [0.1, 0.15) is 18.8 Å². The largest absolute Gasteiger partial charge is 0.388 e. The summed E-state index contributed by atoms with van der Waals surface area (Å²) in [5.41, 5.74) is 0. The van der Waals surface area contributed by atoms with Crippen LogP contribution in [0, 0.1) is 0 Å². The summed E-state index contributed by atoms with van der Waals surface area (Å²) in [4.78, 5) is 3.87. The lowest BCUT2D eigenvalue weighted by Gasteiger charge is -2.22. The Morgan fingerprint density at radius 2 is 2.20 bits per heavy atom. The Bertz CT molecular complexity index is 215. The van der Waals surface area contributed by atoms with E-state index in [0.29, 0.717) is 6.42 Å². The van der Waals surface area contributed by atoms with Crippen molar-refractivity contribution < 1.29 is 29.5 Å². The number of hydrogen-bond donors (Lipinski definition) is 2. The Morgan fingerprint density at radius 1 is 1.47 bits per heavy atom. The normalized spacial score (nSPS) is 40.4. The third kappa shape index (κ3) is 2.30. The third-order valence-electron chi connectivity index (χ3n) is 2.59. The van der Waals surface area contributed by atoms with Gasteiger partial charge in [-0.3, -0.25) is 5.26 Å². The van der Waals surface area contributed by atoms with Crippen molar-refractivity contribution in [2.75, 3.05) is 6.61 Å². The Hall–Kier alpha value is -0.240. The van der Waals surface area contributed by atoms with Gasteiger partial charge >= 0.3 is 0 Å². The zero-order valence-electron chi connectivity index (χ0n) is 8.75. The maximum atomic E-state index is 9.51. The molecule has 2 aliphatic heterocycles. The Morgan fingerprint density at radius 3 is 2.80 bits per heavy atom. The van der Waals surface area contributed by atoms with E-state index in [0.717, 1.165) is 0 Å². The SMILES string of the molecule is CC1(C)OC2CC(C(O)COO)OC2O1. The quantitative estimate of drug-likeness (QED) is 0.519. The molecule has 0 aromatic heterocycles. The van der Waals surface area contributed by atoms with Crippen molar-refractivity contribution in [1.29, 1.82) is 0 Å². The highest BCUT2D eigenvalue weighted by Crippen LogP contribution is 2.37. The molecule has 2 fully saturated rings. The highest BCUT2D eigenvalue weighted by atomic mass is 17.1. The summed E-state index contributed by atoms with van der Waals surface area (Å²) in [7, 11) is 0. The maximum Gasteiger partial charge on any atom is 0.187 e. The molecule has 0 spiro atoms. The van der Waals surface area contributed by atoms with Crippen LogP contribution < -0.4 is 0 Å². The molecule has 0 saturated carbocycles. The number of fused-ring (bicyclic) bond motifs is 1. The summed E-state index contributed by atoms with van der Waals surface area (Å²) in [6.07, 6.45) is -1.32. The minimum Gasteiger partial charge on any atom is -0.388 e. The van der Waals surface area contributed by atoms with E-state index in [2.05, 4.69) is 4.89 Å². The average molecular weight is 220 g/mol. The van der Waals surface area contributed by atoms with E-state index in [1.807, 2.05) is 13.8 Å². The first-order chi connectivity index (χ1) is 7.02. The molecule has 0 radical (unpaired) electrons. The van der Waals surface area contributed by atoms with Crippen LogP contribution in [0.3, 0.4) is 0 Å². The summed E-state index contributed by atoms with van der Waals surface area (Å²) in [6.45, 7) is 3.46. The second-order valence-electron chi connectivity index (χ2n) is 4.32. The molecule has 6 heteroatoms. The molecule has 2 N–H and O–H groups in total. The minimum atomic E-state index is -0.865. The lowest BCUT2D eigenvalue weighted by Crippen LogP contribution is -2.33. The number of hydrogen-bond acceptors (Lipinski definition) is 6. The van der Waals surface area contributed by atoms with Gasteiger partial charge in [0, 0.05) is 6.42 Å². The van der Waals surface area contributed by atoms with E-state index in [1.54, 1.807) is 0 Å². The Kier molecular flexibility index (Phi) is 2.98. The monoisotopic (exact) mass is 220 g/mol. The van der Waals surface area contributed by atoms with Crippen molar-refractivity contribution in [2.24, 2.45) is 0 Å². The highest BCUT2D eigenvalue weighted by molar-refractivity contribution is 4.88. The van der Waals surface area contributed by atoms with Gasteiger partial charge in [-0.25, -0.2) is 4.89 Å². The summed E-state index contributed by atoms with van der Waals surface area (Å²) < 4.78 is 16.5. The van der Waals surface area contributed by atoms with Gasteiger partial charge in [-0.15, -0.1) is 0 Å². The molecular formula is C9H16O6. The zero-order chi connectivity index (χ0) is 11.1. The predicted molar refractivity (Wildman–Crippen MR) is 47.9 cm³/mol. The Labute approximate surface area is 87.6 Å². The molecule has 2 rings (SSSR count). The van der Waals surface area contributed by atoms with Crippen molar-refractivity contribution in [1.82, 2.24) is 0 Å². The van der Waals surface area contributed by atoms with Crippen molar-refractivity contribution in [3.63, 3.8) is 0 Å². The van der Waals surface area contributed by atoms with E-state index >= 15 is 0 Å². The van der Waals surface area contributed by atoms with E-state index in [-0.39, 0.29) is 12.7 Å². The maximum absolute atomic E-state index is 9.51. The zero-order valence-corrected chi connectivity index (χ0v) is 8.75. The van der Waals surface area contributed by atoms with E-state index in [4.69, 9.17) is 19.5 Å². The first-order valence-electron chi connectivity index (χ1n) is 4.97. The number of ether oxygens (including phenoxy) is 3. The number of aliphatic hydroxyl groups excluding tert-OH is 1. The molecule has 6 nitrogen and oxygen atoms in total. The topological polar surface area (TPSA) is 77.4 Å². The summed E-state index contributed by atoms with van der Waals surface area (Å²) in [5.74, 6) is -0.626. The average Bonchev–Trinajstić information content (AvgIpc) is 2.57. The van der Waals surface area contributed by atoms with Gasteiger partial charge in [-0.1, -0.05) is 0 Å². The molecule has 4 unspecified atom stereocenters. The lowest BCUT2D eigenvalue weighted by molar-refractivity contribution is -0.271. The lowest BCUT2D eigenvalue weighted by atomic mass is 10.1. The fourth-order valence-corrected chi connectivity index (χ4v) is 1.97. The second-order valence-corrected chi connectivity index (χ2v) is 4.32. The minimum absolute atomic E-state index is 0.154. The molecule has 0 amide bonds. The molecule has 0 bridgehead atoms. The molecule has 4 atom stereocenters. The summed E-state index contributed by atoms with van der Waals surface area (Å²) in [5, 5.41) is 17.7. The first kappa shape index (κ1) is 11.3. The van der Waals surface area contributed by atoms with Crippen LogP contribution >= 0.6 is 0 Å². The van der Waals surface area contributed by atoms with E-state index in [9.17, 15) is 5.11 Å². The van der Waals surface area contributed by atoms with Crippen molar-refractivity contribution >= 4 is 0 Å². The highest BCUT2D eigenvalue weighted by Gasteiger charge is 2.49. The fraction of sp³-hybridized carbons (Fsp3) is 1.00. The van der Waals surface area contributed by atoms with Gasteiger partial charge in [0.15, 0.2) is 12.1 Å². The fourth-order valence-electron chi connectivity index (χ4n) is 1.97. The van der Waals surface area contributed by atoms with Gasteiger partial charge in [0.05, 0.1) is 6.10 Å². The van der Waals surface area contributed by atoms with Crippen LogP contribution in [0.15, 0.2) is 0 Å². The van der Waals surface area contributed by atoms with E-state index in [1.165, 1.54) is 0 Å². The predicted octanol–water partition coefficient (Wildman–Crippen LogP) is 0.103. The van der Waals surface area contributed by atoms with Gasteiger partial charge in [0.2, 0.25) is 0 Å². The third-order valence-corrected chi connectivity index (χ3v) is 2.59. The van der Waals surface area contributed by atoms with Crippen LogP contribution in [0.4, 0.5) is 0 Å². The molecule has 0 aliphatic carbocycles. The molecule has 2 saturated heterocycles. The molecule has 15 heavy (non-hydrogen) atoms. The molecule has 0 aromatic carbocycles. The summed E-state index contributed by atoms with van der Waals surface area (Å²) in [6, 6.07) is 0. The van der Waals surface area contributed by atoms with Crippen molar-refractivity contribution in [3.8, 4) is 0 Å². The van der Waals surface area contributed by atoms with Crippen LogP contribution in [0.2, 0.25) is 0 Å². The van der Waals surface area contributed by atoms with Crippen LogP contribution in [0.1, 0.15) is 20.3 Å². The molecular weight excluding hydrogens is 204 g/mol. The molecule has 2 heterocycles. The molecule has 88 valence electrons. The van der Waals surface area contributed by atoms with E-state index < -0.39 is 24.3 Å². The van der Waals surface area contributed by atoms with Crippen molar-refractivity contribution in [3.05, 3.63) is 0 Å². The van der Waals surface area contributed by atoms with Crippen LogP contribution in [-0.4, -0.2) is 47.4 Å². The molecule has 2 aliphatic rings. The Balaban J connectivity index is 1.88. The van der Waals surface area contributed by atoms with Gasteiger partial charge in [-0.05, 0) is 13.8 Å². The van der Waals surface area contributed by atoms with Gasteiger partial charge in [0.25, 0.3) is 0 Å². The first-order valence-corrected chi connectivity index (χ1v) is 4.97. The molecule has 0 aromatic rings.